The minimum absolute atomic E-state index is 0.179. The summed E-state index contributed by atoms with van der Waals surface area (Å²) in [5, 5.41) is 2.52. The number of carbonyl (C=O) groups excluding carboxylic acids is 2. The number of halogens is 4. The molecule has 168 valence electrons. The number of benzene rings is 1. The molecule has 1 heterocycles. The van der Waals surface area contributed by atoms with Gasteiger partial charge in [0.2, 0.25) is 0 Å². The molecule has 0 spiro atoms. The van der Waals surface area contributed by atoms with Crippen LogP contribution < -0.4 is 5.32 Å². The van der Waals surface area contributed by atoms with Gasteiger partial charge in [0.1, 0.15) is 22.6 Å². The highest BCUT2D eigenvalue weighted by Crippen LogP contribution is 2.38. The Morgan fingerprint density at radius 1 is 1.00 bits per heavy atom. The lowest BCUT2D eigenvalue weighted by atomic mass is 9.81. The molecule has 0 saturated carbocycles. The summed E-state index contributed by atoms with van der Waals surface area (Å²) in [6.45, 7) is 9.53. The van der Waals surface area contributed by atoms with Crippen molar-refractivity contribution in [3.05, 3.63) is 35.1 Å². The Bertz CT molecular complexity index is 820. The largest absolute Gasteiger partial charge is 0.444 e. The zero-order valence-electron chi connectivity index (χ0n) is 17.7. The number of hydrogen-bond donors (Lipinski definition) is 1. The van der Waals surface area contributed by atoms with E-state index in [0.29, 0.717) is 6.07 Å². The number of carbonyl (C=O) groups is 2. The van der Waals surface area contributed by atoms with E-state index in [9.17, 15) is 27.2 Å². The van der Waals surface area contributed by atoms with Crippen molar-refractivity contribution in [3.63, 3.8) is 0 Å². The lowest BCUT2D eigenvalue weighted by molar-refractivity contribution is -0.137. The molecular formula is C20H26F4N2O4. The van der Waals surface area contributed by atoms with Gasteiger partial charge in [0.25, 0.3) is 0 Å². The third-order valence-corrected chi connectivity index (χ3v) is 4.13. The number of alkyl carbamates (subject to hydrolysis) is 1. The van der Waals surface area contributed by atoms with E-state index < -0.39 is 46.5 Å². The Balaban J connectivity index is 2.32. The second kappa shape index (κ2) is 7.63. The van der Waals surface area contributed by atoms with Crippen molar-refractivity contribution in [1.82, 2.24) is 10.2 Å². The van der Waals surface area contributed by atoms with Crippen LogP contribution in [0.4, 0.5) is 27.2 Å². The molecule has 1 saturated heterocycles. The van der Waals surface area contributed by atoms with Gasteiger partial charge >= 0.3 is 18.4 Å². The molecule has 10 heteroatoms. The zero-order chi connectivity index (χ0) is 23.1. The molecule has 1 N–H and O–H groups in total. The average Bonchev–Trinajstić information content (AvgIpc) is 2.46. The maximum Gasteiger partial charge on any atom is 0.416 e. The lowest BCUT2D eigenvalue weighted by Gasteiger charge is -2.50. The molecule has 1 aromatic rings. The fraction of sp³-hybridized carbons (Fsp3) is 0.600. The second-order valence-electron chi connectivity index (χ2n) is 9.24. The fourth-order valence-electron chi connectivity index (χ4n) is 2.96. The number of likely N-dealkylation sites (tertiary alicyclic amines) is 1. The van der Waals surface area contributed by atoms with Crippen molar-refractivity contribution in [2.75, 3.05) is 13.1 Å². The molecule has 2 amide bonds. The topological polar surface area (TPSA) is 67.9 Å². The van der Waals surface area contributed by atoms with Crippen molar-refractivity contribution < 1.29 is 36.6 Å². The summed E-state index contributed by atoms with van der Waals surface area (Å²) in [7, 11) is 0. The minimum Gasteiger partial charge on any atom is -0.444 e. The summed E-state index contributed by atoms with van der Waals surface area (Å²) in [6, 6.07) is 2.05. The van der Waals surface area contributed by atoms with Gasteiger partial charge in [-0.3, -0.25) is 0 Å². The van der Waals surface area contributed by atoms with Gasteiger partial charge in [-0.05, 0) is 53.7 Å². The number of ether oxygens (including phenoxy) is 2. The first-order valence-electron chi connectivity index (χ1n) is 9.28. The maximum atomic E-state index is 14.7. The highest BCUT2D eigenvalue weighted by Gasteiger charge is 2.51. The molecule has 0 unspecified atom stereocenters. The molecule has 1 aliphatic heterocycles. The van der Waals surface area contributed by atoms with Gasteiger partial charge in [-0.1, -0.05) is 6.07 Å². The predicted octanol–water partition coefficient (Wildman–Crippen LogP) is 4.82. The number of hydrogen-bond acceptors (Lipinski definition) is 4. The quantitative estimate of drug-likeness (QED) is 0.678. The Hall–Kier alpha value is -2.52. The molecule has 6 nitrogen and oxygen atoms in total. The van der Waals surface area contributed by atoms with Crippen LogP contribution >= 0.6 is 0 Å². The molecule has 0 aliphatic carbocycles. The lowest BCUT2D eigenvalue weighted by Crippen LogP contribution is -2.69. The van der Waals surface area contributed by atoms with Gasteiger partial charge in [-0.2, -0.15) is 13.2 Å². The molecule has 1 fully saturated rings. The SMILES string of the molecule is CC(C)(C)OC(=O)NC1(c2ccc(C(F)(F)F)cc2F)CN(C(=O)OC(C)(C)C)C1. The van der Waals surface area contributed by atoms with E-state index in [4.69, 9.17) is 9.47 Å². The van der Waals surface area contributed by atoms with E-state index in [0.717, 1.165) is 12.1 Å². The highest BCUT2D eigenvalue weighted by molar-refractivity contribution is 5.73. The minimum atomic E-state index is -4.71. The van der Waals surface area contributed by atoms with Gasteiger partial charge in [0, 0.05) is 5.56 Å². The van der Waals surface area contributed by atoms with Crippen molar-refractivity contribution in [2.45, 2.75) is 64.5 Å². The van der Waals surface area contributed by atoms with Crippen molar-refractivity contribution >= 4 is 12.2 Å². The molecule has 0 radical (unpaired) electrons. The van der Waals surface area contributed by atoms with Gasteiger partial charge < -0.3 is 19.7 Å². The van der Waals surface area contributed by atoms with Gasteiger partial charge in [-0.25, -0.2) is 14.0 Å². The van der Waals surface area contributed by atoms with Crippen LogP contribution in [0.25, 0.3) is 0 Å². The third kappa shape index (κ3) is 5.76. The van der Waals surface area contributed by atoms with E-state index in [1.54, 1.807) is 41.5 Å². The summed E-state index contributed by atoms with van der Waals surface area (Å²) in [6.07, 6.45) is -6.28. The molecule has 0 aromatic heterocycles. The van der Waals surface area contributed by atoms with Crippen molar-refractivity contribution in [1.29, 1.82) is 0 Å². The van der Waals surface area contributed by atoms with Crippen LogP contribution in [-0.2, 0) is 21.2 Å². The summed E-state index contributed by atoms with van der Waals surface area (Å²) >= 11 is 0. The van der Waals surface area contributed by atoms with Crippen LogP contribution in [0, 0.1) is 5.82 Å². The molecule has 1 aliphatic rings. The summed E-state index contributed by atoms with van der Waals surface area (Å²) in [5.41, 5.74) is -4.40. The first-order chi connectivity index (χ1) is 13.4. The molecule has 1 aromatic carbocycles. The first-order valence-corrected chi connectivity index (χ1v) is 9.28. The number of rotatable bonds is 2. The van der Waals surface area contributed by atoms with Crippen molar-refractivity contribution in [3.8, 4) is 0 Å². The second-order valence-corrected chi connectivity index (χ2v) is 9.24. The molecule has 0 bridgehead atoms. The van der Waals surface area contributed by atoms with Crippen LogP contribution in [0.2, 0.25) is 0 Å². The number of amides is 2. The van der Waals surface area contributed by atoms with Gasteiger partial charge in [0.05, 0.1) is 18.7 Å². The van der Waals surface area contributed by atoms with Crippen LogP contribution in [0.3, 0.4) is 0 Å². The summed E-state index contributed by atoms with van der Waals surface area (Å²) in [5.74, 6) is -1.15. The number of nitrogens with one attached hydrogen (secondary N) is 1. The molecule has 2 rings (SSSR count). The number of nitrogens with zero attached hydrogens (tertiary/aromatic N) is 1. The predicted molar refractivity (Wildman–Crippen MR) is 100 cm³/mol. The van der Waals surface area contributed by atoms with Crippen molar-refractivity contribution in [2.24, 2.45) is 0 Å². The van der Waals surface area contributed by atoms with E-state index in [1.165, 1.54) is 4.90 Å². The molecule has 30 heavy (non-hydrogen) atoms. The Kier molecular flexibility index (Phi) is 6.04. The van der Waals surface area contributed by atoms with E-state index >= 15 is 0 Å². The van der Waals surface area contributed by atoms with E-state index in [2.05, 4.69) is 5.32 Å². The number of alkyl halides is 3. The van der Waals surface area contributed by atoms with Crippen LogP contribution in [0.1, 0.15) is 52.7 Å². The smallest absolute Gasteiger partial charge is 0.416 e. The van der Waals surface area contributed by atoms with Gasteiger partial charge in [-0.15, -0.1) is 0 Å². The summed E-state index contributed by atoms with van der Waals surface area (Å²) in [4.78, 5) is 25.8. The first kappa shape index (κ1) is 23.8. The Morgan fingerprint density at radius 3 is 1.97 bits per heavy atom. The van der Waals surface area contributed by atoms with E-state index in [-0.39, 0.29) is 18.7 Å². The van der Waals surface area contributed by atoms with E-state index in [1.807, 2.05) is 0 Å². The van der Waals surface area contributed by atoms with Gasteiger partial charge in [0.15, 0.2) is 0 Å². The molecular weight excluding hydrogens is 408 g/mol. The fourth-order valence-corrected chi connectivity index (χ4v) is 2.96. The Morgan fingerprint density at radius 2 is 1.53 bits per heavy atom. The van der Waals surface area contributed by atoms with Crippen LogP contribution in [0.15, 0.2) is 18.2 Å². The molecule has 0 atom stereocenters. The highest BCUT2D eigenvalue weighted by atomic mass is 19.4. The van der Waals surface area contributed by atoms with Crippen LogP contribution in [-0.4, -0.2) is 41.4 Å². The standard InChI is InChI=1S/C20H26F4N2O4/c1-17(2,3)29-15(27)25-19(10-26(11-19)16(28)30-18(4,5)6)13-8-7-12(9-14(13)21)20(22,23)24/h7-9H,10-11H2,1-6H3,(H,25,27). The third-order valence-electron chi connectivity index (χ3n) is 4.13. The Labute approximate surface area is 172 Å². The zero-order valence-corrected chi connectivity index (χ0v) is 17.7. The monoisotopic (exact) mass is 434 g/mol. The maximum absolute atomic E-state index is 14.7. The van der Waals surface area contributed by atoms with Crippen LogP contribution in [0.5, 0.6) is 0 Å². The average molecular weight is 434 g/mol. The normalized spacial score (nSPS) is 16.5. The summed E-state index contributed by atoms with van der Waals surface area (Å²) < 4.78 is 63.8.